The number of para-hydroxylation sites is 1. The first-order chi connectivity index (χ1) is 7.81. The summed E-state index contributed by atoms with van der Waals surface area (Å²) in [5.41, 5.74) is 3.17. The van der Waals surface area contributed by atoms with Gasteiger partial charge in [0.15, 0.2) is 5.00 Å². The predicted octanol–water partition coefficient (Wildman–Crippen LogP) is 2.06. The minimum atomic E-state index is 0.278. The van der Waals surface area contributed by atoms with Crippen LogP contribution in [0.2, 0.25) is 5.02 Å². The highest BCUT2D eigenvalue weighted by atomic mass is 35.5. The minimum Gasteiger partial charge on any atom is -0.486 e. The van der Waals surface area contributed by atoms with Gasteiger partial charge in [-0.25, -0.2) is 5.84 Å². The molecule has 16 heavy (non-hydrogen) atoms. The number of hydrogen-bond acceptors (Lipinski definition) is 6. The van der Waals surface area contributed by atoms with Crippen molar-refractivity contribution in [1.29, 1.82) is 0 Å². The molecular formula is C9H9ClN4OS. The second-order valence-electron chi connectivity index (χ2n) is 2.91. The average Bonchev–Trinajstić information content (AvgIpc) is 2.75. The Kier molecular flexibility index (Phi) is 3.55. The van der Waals surface area contributed by atoms with Gasteiger partial charge in [0, 0.05) is 11.5 Å². The number of rotatable bonds is 4. The third-order valence-corrected chi connectivity index (χ3v) is 2.90. The third-order valence-electron chi connectivity index (χ3n) is 1.89. The molecule has 0 unspecified atom stereocenters. The quantitative estimate of drug-likeness (QED) is 0.647. The molecule has 0 fully saturated rings. The second kappa shape index (κ2) is 5.11. The number of benzene rings is 1. The SMILES string of the molecule is NNc1snnc1COc1ccccc1Cl. The highest BCUT2D eigenvalue weighted by Crippen LogP contribution is 2.25. The number of nitrogens with zero attached hydrogens (tertiary/aromatic N) is 2. The van der Waals surface area contributed by atoms with Crippen molar-refractivity contribution < 1.29 is 4.74 Å². The van der Waals surface area contributed by atoms with Gasteiger partial charge in [0.1, 0.15) is 18.1 Å². The first kappa shape index (κ1) is 11.1. The number of nitrogen functional groups attached to an aromatic ring is 1. The van der Waals surface area contributed by atoms with Crippen molar-refractivity contribution in [3.8, 4) is 5.75 Å². The molecule has 2 aromatic rings. The molecule has 1 heterocycles. The Balaban J connectivity index is 2.05. The zero-order valence-corrected chi connectivity index (χ0v) is 9.76. The highest BCUT2D eigenvalue weighted by molar-refractivity contribution is 7.10. The Morgan fingerprint density at radius 1 is 1.44 bits per heavy atom. The lowest BCUT2D eigenvalue weighted by molar-refractivity contribution is 0.302. The molecule has 0 atom stereocenters. The van der Waals surface area contributed by atoms with Gasteiger partial charge < -0.3 is 10.2 Å². The maximum Gasteiger partial charge on any atom is 0.150 e. The monoisotopic (exact) mass is 256 g/mol. The van der Waals surface area contributed by atoms with Crippen molar-refractivity contribution in [1.82, 2.24) is 9.59 Å². The van der Waals surface area contributed by atoms with Gasteiger partial charge in [-0.3, -0.25) is 0 Å². The molecule has 0 aliphatic heterocycles. The van der Waals surface area contributed by atoms with Crippen molar-refractivity contribution in [3.05, 3.63) is 35.0 Å². The summed E-state index contributed by atoms with van der Waals surface area (Å²) in [6.45, 7) is 0.278. The largest absolute Gasteiger partial charge is 0.486 e. The molecule has 0 spiro atoms. The molecule has 0 bridgehead atoms. The summed E-state index contributed by atoms with van der Waals surface area (Å²) in [4.78, 5) is 0. The summed E-state index contributed by atoms with van der Waals surface area (Å²) in [6, 6.07) is 7.24. The Bertz CT molecular complexity index is 476. The summed E-state index contributed by atoms with van der Waals surface area (Å²) in [5.74, 6) is 5.90. The summed E-state index contributed by atoms with van der Waals surface area (Å²) in [6.07, 6.45) is 0. The van der Waals surface area contributed by atoms with E-state index in [4.69, 9.17) is 22.2 Å². The van der Waals surface area contributed by atoms with Gasteiger partial charge >= 0.3 is 0 Å². The molecule has 0 amide bonds. The predicted molar refractivity (Wildman–Crippen MR) is 63.5 cm³/mol. The molecule has 84 valence electrons. The molecule has 5 nitrogen and oxygen atoms in total. The van der Waals surface area contributed by atoms with E-state index in [1.54, 1.807) is 12.1 Å². The van der Waals surface area contributed by atoms with Gasteiger partial charge in [0.05, 0.1) is 5.02 Å². The van der Waals surface area contributed by atoms with Crippen LogP contribution in [0.5, 0.6) is 5.75 Å². The summed E-state index contributed by atoms with van der Waals surface area (Å²) in [5, 5.41) is 5.14. The van der Waals surface area contributed by atoms with E-state index in [1.165, 1.54) is 11.5 Å². The number of hydrazine groups is 1. The van der Waals surface area contributed by atoms with Crippen LogP contribution in [0.1, 0.15) is 5.69 Å². The van der Waals surface area contributed by atoms with Crippen LogP contribution in [-0.2, 0) is 6.61 Å². The normalized spacial score (nSPS) is 10.1. The number of aromatic nitrogens is 2. The zero-order valence-electron chi connectivity index (χ0n) is 8.18. The lowest BCUT2D eigenvalue weighted by atomic mass is 10.3. The van der Waals surface area contributed by atoms with Gasteiger partial charge in [0.25, 0.3) is 0 Å². The van der Waals surface area contributed by atoms with Crippen LogP contribution in [0.4, 0.5) is 5.00 Å². The van der Waals surface area contributed by atoms with Gasteiger partial charge in [-0.15, -0.1) is 5.10 Å². The van der Waals surface area contributed by atoms with E-state index in [2.05, 4.69) is 15.0 Å². The smallest absolute Gasteiger partial charge is 0.150 e. The van der Waals surface area contributed by atoms with E-state index in [0.717, 1.165) is 0 Å². The Labute approximate surface area is 101 Å². The molecular weight excluding hydrogens is 248 g/mol. The molecule has 0 saturated heterocycles. The topological polar surface area (TPSA) is 73.1 Å². The molecule has 2 rings (SSSR count). The van der Waals surface area contributed by atoms with Gasteiger partial charge in [-0.1, -0.05) is 28.2 Å². The Hall–Kier alpha value is -1.37. The molecule has 3 N–H and O–H groups in total. The van der Waals surface area contributed by atoms with Crippen LogP contribution in [-0.4, -0.2) is 9.59 Å². The van der Waals surface area contributed by atoms with E-state index in [0.29, 0.717) is 21.5 Å². The summed E-state index contributed by atoms with van der Waals surface area (Å²) >= 11 is 7.12. The number of nitrogens with two attached hydrogens (primary N) is 1. The maximum absolute atomic E-state index is 5.94. The van der Waals surface area contributed by atoms with E-state index in [9.17, 15) is 0 Å². The van der Waals surface area contributed by atoms with Gasteiger partial charge in [-0.2, -0.15) is 0 Å². The van der Waals surface area contributed by atoms with Crippen molar-refractivity contribution in [2.45, 2.75) is 6.61 Å². The van der Waals surface area contributed by atoms with Crippen molar-refractivity contribution in [3.63, 3.8) is 0 Å². The van der Waals surface area contributed by atoms with Crippen LogP contribution >= 0.6 is 23.1 Å². The van der Waals surface area contributed by atoms with E-state index in [1.807, 2.05) is 12.1 Å². The molecule has 0 radical (unpaired) electrons. The van der Waals surface area contributed by atoms with E-state index < -0.39 is 0 Å². The lowest BCUT2D eigenvalue weighted by Crippen LogP contribution is -2.08. The fourth-order valence-electron chi connectivity index (χ4n) is 1.12. The van der Waals surface area contributed by atoms with Crippen LogP contribution in [0.3, 0.4) is 0 Å². The van der Waals surface area contributed by atoms with Gasteiger partial charge in [-0.05, 0) is 12.1 Å². The maximum atomic E-state index is 5.94. The van der Waals surface area contributed by atoms with Crippen molar-refractivity contribution >= 4 is 28.1 Å². The third kappa shape index (κ3) is 2.41. The number of anilines is 1. The Morgan fingerprint density at radius 3 is 3.00 bits per heavy atom. The van der Waals surface area contributed by atoms with Crippen molar-refractivity contribution in [2.75, 3.05) is 5.43 Å². The first-order valence-electron chi connectivity index (χ1n) is 4.46. The highest BCUT2D eigenvalue weighted by Gasteiger charge is 2.08. The molecule has 0 saturated carbocycles. The van der Waals surface area contributed by atoms with Crippen LogP contribution in [0, 0.1) is 0 Å². The number of halogens is 1. The zero-order chi connectivity index (χ0) is 11.4. The summed E-state index contributed by atoms with van der Waals surface area (Å²) < 4.78 is 9.26. The Morgan fingerprint density at radius 2 is 2.25 bits per heavy atom. The molecule has 7 heteroatoms. The molecule has 0 aliphatic rings. The van der Waals surface area contributed by atoms with Gasteiger partial charge in [0.2, 0.25) is 0 Å². The van der Waals surface area contributed by atoms with Crippen LogP contribution in [0.25, 0.3) is 0 Å². The van der Waals surface area contributed by atoms with Crippen LogP contribution < -0.4 is 16.0 Å². The fraction of sp³-hybridized carbons (Fsp3) is 0.111. The summed E-state index contributed by atoms with van der Waals surface area (Å²) in [7, 11) is 0. The standard InChI is InChI=1S/C9H9ClN4OS/c10-6-3-1-2-4-8(6)15-5-7-9(12-11)16-14-13-7/h1-4,12H,5,11H2. The molecule has 0 aliphatic carbocycles. The second-order valence-corrected chi connectivity index (χ2v) is 4.07. The lowest BCUT2D eigenvalue weighted by Gasteiger charge is -2.06. The van der Waals surface area contributed by atoms with E-state index >= 15 is 0 Å². The number of nitrogens with one attached hydrogen (secondary N) is 1. The minimum absolute atomic E-state index is 0.278. The first-order valence-corrected chi connectivity index (χ1v) is 5.61. The molecule has 1 aromatic carbocycles. The number of ether oxygens (including phenoxy) is 1. The number of hydrogen-bond donors (Lipinski definition) is 2. The van der Waals surface area contributed by atoms with E-state index in [-0.39, 0.29) is 6.61 Å². The average molecular weight is 257 g/mol. The molecule has 1 aromatic heterocycles. The fourth-order valence-corrected chi connectivity index (χ4v) is 1.79. The van der Waals surface area contributed by atoms with Crippen LogP contribution in [0.15, 0.2) is 24.3 Å². The van der Waals surface area contributed by atoms with Crippen molar-refractivity contribution in [2.24, 2.45) is 5.84 Å².